The number of rotatable bonds is 5. The van der Waals surface area contributed by atoms with Crippen molar-refractivity contribution in [3.8, 4) is 28.1 Å². The molecule has 4 heteroatoms. The fourth-order valence-corrected chi connectivity index (χ4v) is 5.03. The summed E-state index contributed by atoms with van der Waals surface area (Å²) in [5.41, 5.74) is 6.99. The van der Waals surface area contributed by atoms with E-state index in [0.29, 0.717) is 0 Å². The number of methoxy groups -OCH3 is 1. The molecule has 1 saturated heterocycles. The van der Waals surface area contributed by atoms with Crippen LogP contribution in [0.3, 0.4) is 0 Å². The van der Waals surface area contributed by atoms with E-state index in [4.69, 9.17) is 9.72 Å². The summed E-state index contributed by atoms with van der Waals surface area (Å²) >= 11 is 0. The first kappa shape index (κ1) is 22.4. The first-order valence-electron chi connectivity index (χ1n) is 12.2. The normalized spacial score (nSPS) is 14.5. The number of hydrogen-bond donors (Lipinski definition) is 0. The van der Waals surface area contributed by atoms with Crippen molar-refractivity contribution in [3.63, 3.8) is 0 Å². The number of ether oxygens (including phenoxy) is 1. The Bertz CT molecular complexity index is 1320. The third-order valence-electron chi connectivity index (χ3n) is 7.02. The Balaban J connectivity index is 1.81. The van der Waals surface area contributed by atoms with Crippen molar-refractivity contribution in [3.05, 3.63) is 77.9 Å². The monoisotopic (exact) mass is 451 g/mol. The molecule has 0 radical (unpaired) electrons. The zero-order valence-electron chi connectivity index (χ0n) is 20.6. The van der Waals surface area contributed by atoms with E-state index in [2.05, 4.69) is 91.2 Å². The number of hydrogen-bond acceptors (Lipinski definition) is 4. The molecule has 1 aliphatic rings. The highest BCUT2D eigenvalue weighted by Crippen LogP contribution is 2.42. The van der Waals surface area contributed by atoms with E-state index in [9.17, 15) is 0 Å². The van der Waals surface area contributed by atoms with E-state index < -0.39 is 0 Å². The van der Waals surface area contributed by atoms with E-state index >= 15 is 0 Å². The summed E-state index contributed by atoms with van der Waals surface area (Å²) in [6, 6.07) is 23.7. The van der Waals surface area contributed by atoms with Crippen LogP contribution in [0.2, 0.25) is 0 Å². The molecule has 1 aromatic heterocycles. The molecule has 4 aromatic rings. The molecule has 0 aliphatic carbocycles. The van der Waals surface area contributed by atoms with Gasteiger partial charge >= 0.3 is 0 Å². The van der Waals surface area contributed by atoms with Crippen molar-refractivity contribution in [2.45, 2.75) is 20.8 Å². The summed E-state index contributed by atoms with van der Waals surface area (Å²) in [6.07, 6.45) is 0. The average Bonchev–Trinajstić information content (AvgIpc) is 2.88. The fourth-order valence-electron chi connectivity index (χ4n) is 5.03. The van der Waals surface area contributed by atoms with Crippen LogP contribution in [0.5, 0.6) is 5.75 Å². The van der Waals surface area contributed by atoms with Gasteiger partial charge in [0.15, 0.2) is 0 Å². The van der Waals surface area contributed by atoms with E-state index in [0.717, 1.165) is 55.5 Å². The van der Waals surface area contributed by atoms with Crippen LogP contribution in [-0.2, 0) is 0 Å². The molecule has 0 saturated carbocycles. The maximum Gasteiger partial charge on any atom is 0.137 e. The van der Waals surface area contributed by atoms with Gasteiger partial charge in [0.25, 0.3) is 0 Å². The number of anilines is 1. The van der Waals surface area contributed by atoms with Crippen LogP contribution in [0.4, 0.5) is 5.82 Å². The predicted molar refractivity (Wildman–Crippen MR) is 143 cm³/mol. The number of aryl methyl sites for hydroxylation is 2. The maximum atomic E-state index is 5.59. The van der Waals surface area contributed by atoms with E-state index in [-0.39, 0.29) is 0 Å². The number of nitrogens with zero attached hydrogens (tertiary/aromatic N) is 3. The first-order valence-corrected chi connectivity index (χ1v) is 12.2. The third-order valence-corrected chi connectivity index (χ3v) is 7.02. The Hall–Kier alpha value is -3.37. The lowest BCUT2D eigenvalue weighted by Crippen LogP contribution is -2.46. The number of benzene rings is 3. The minimum Gasteiger partial charge on any atom is -0.497 e. The summed E-state index contributed by atoms with van der Waals surface area (Å²) in [5.74, 6) is 1.95. The molecular formula is C30H33N3O. The molecule has 5 rings (SSSR count). The topological polar surface area (TPSA) is 28.6 Å². The molecule has 0 unspecified atom stereocenters. The van der Waals surface area contributed by atoms with Crippen LogP contribution in [-0.4, -0.2) is 49.7 Å². The van der Waals surface area contributed by atoms with Gasteiger partial charge in [0.1, 0.15) is 11.6 Å². The second-order valence-corrected chi connectivity index (χ2v) is 9.18. The van der Waals surface area contributed by atoms with E-state index in [1.54, 1.807) is 7.11 Å². The Morgan fingerprint density at radius 1 is 0.853 bits per heavy atom. The number of fused-ring (bicyclic) bond motifs is 1. The number of likely N-dealkylation sites (N-methyl/N-ethyl adjacent to an activating group) is 1. The summed E-state index contributed by atoms with van der Waals surface area (Å²) in [6.45, 7) is 11.8. The number of pyridine rings is 1. The largest absolute Gasteiger partial charge is 0.497 e. The molecule has 1 fully saturated rings. The highest BCUT2D eigenvalue weighted by molar-refractivity contribution is 6.08. The van der Waals surface area contributed by atoms with Crippen LogP contribution in [0, 0.1) is 13.8 Å². The molecule has 3 aromatic carbocycles. The second kappa shape index (κ2) is 9.47. The van der Waals surface area contributed by atoms with Gasteiger partial charge in [-0.3, -0.25) is 0 Å². The average molecular weight is 452 g/mol. The van der Waals surface area contributed by atoms with Gasteiger partial charge in [0.05, 0.1) is 12.8 Å². The summed E-state index contributed by atoms with van der Waals surface area (Å²) in [4.78, 5) is 10.4. The summed E-state index contributed by atoms with van der Waals surface area (Å²) < 4.78 is 5.59. The molecule has 0 atom stereocenters. The standard InChI is InChI=1S/C30H33N3O/c1-5-32-15-17-33(18-16-32)30-26-14-13-21(2)19-27(26)28(23-10-8-11-24(20-23)34-4)29(31-30)25-12-7-6-9-22(25)3/h6-14,19-20H,5,15-18H2,1-4H3. The minimum absolute atomic E-state index is 0.855. The maximum absolute atomic E-state index is 5.59. The number of aromatic nitrogens is 1. The van der Waals surface area contributed by atoms with E-state index in [1.165, 1.54) is 33.0 Å². The highest BCUT2D eigenvalue weighted by atomic mass is 16.5. The lowest BCUT2D eigenvalue weighted by molar-refractivity contribution is 0.271. The predicted octanol–water partition coefficient (Wildman–Crippen LogP) is 6.34. The molecule has 0 amide bonds. The zero-order chi connectivity index (χ0) is 23.7. The van der Waals surface area contributed by atoms with Crippen LogP contribution in [0.1, 0.15) is 18.1 Å². The van der Waals surface area contributed by atoms with Gasteiger partial charge in [-0.2, -0.15) is 0 Å². The van der Waals surface area contributed by atoms with Crippen LogP contribution in [0.15, 0.2) is 66.7 Å². The zero-order valence-corrected chi connectivity index (χ0v) is 20.6. The Morgan fingerprint density at radius 3 is 2.38 bits per heavy atom. The van der Waals surface area contributed by atoms with Crippen molar-refractivity contribution in [1.29, 1.82) is 0 Å². The molecule has 174 valence electrons. The molecule has 0 spiro atoms. The van der Waals surface area contributed by atoms with Gasteiger partial charge in [-0.25, -0.2) is 4.98 Å². The SMILES string of the molecule is CCN1CCN(c2nc(-c3ccccc3C)c(-c3cccc(OC)c3)c3cc(C)ccc23)CC1. The minimum atomic E-state index is 0.855. The van der Waals surface area contributed by atoms with Crippen molar-refractivity contribution in [2.75, 3.05) is 44.7 Å². The highest BCUT2D eigenvalue weighted by Gasteiger charge is 2.24. The molecule has 1 aliphatic heterocycles. The van der Waals surface area contributed by atoms with Gasteiger partial charge in [-0.1, -0.05) is 67.1 Å². The van der Waals surface area contributed by atoms with Crippen molar-refractivity contribution in [2.24, 2.45) is 0 Å². The molecular weight excluding hydrogens is 418 g/mol. The van der Waals surface area contributed by atoms with Crippen LogP contribution >= 0.6 is 0 Å². The van der Waals surface area contributed by atoms with Crippen molar-refractivity contribution < 1.29 is 4.74 Å². The van der Waals surface area contributed by atoms with Gasteiger partial charge in [0, 0.05) is 42.7 Å². The van der Waals surface area contributed by atoms with Crippen LogP contribution < -0.4 is 9.64 Å². The summed E-state index contributed by atoms with van der Waals surface area (Å²) in [5, 5.41) is 2.46. The lowest BCUT2D eigenvalue weighted by Gasteiger charge is -2.36. The van der Waals surface area contributed by atoms with Gasteiger partial charge < -0.3 is 14.5 Å². The van der Waals surface area contributed by atoms with Gasteiger partial charge in [0.2, 0.25) is 0 Å². The van der Waals surface area contributed by atoms with Crippen LogP contribution in [0.25, 0.3) is 33.2 Å². The molecule has 2 heterocycles. The quantitative estimate of drug-likeness (QED) is 0.354. The summed E-state index contributed by atoms with van der Waals surface area (Å²) in [7, 11) is 1.72. The molecule has 0 bridgehead atoms. The lowest BCUT2D eigenvalue weighted by atomic mass is 9.91. The smallest absolute Gasteiger partial charge is 0.137 e. The fraction of sp³-hybridized carbons (Fsp3) is 0.300. The first-order chi connectivity index (χ1) is 16.6. The van der Waals surface area contributed by atoms with Crippen molar-refractivity contribution in [1.82, 2.24) is 9.88 Å². The molecule has 4 nitrogen and oxygen atoms in total. The molecule has 0 N–H and O–H groups in total. The third kappa shape index (κ3) is 4.14. The Kier molecular flexibility index (Phi) is 6.25. The Labute approximate surface area is 202 Å². The second-order valence-electron chi connectivity index (χ2n) is 9.18. The van der Waals surface area contributed by atoms with Gasteiger partial charge in [-0.05, 0) is 49.0 Å². The van der Waals surface area contributed by atoms with E-state index in [1.807, 2.05) is 6.07 Å². The van der Waals surface area contributed by atoms with Crippen molar-refractivity contribution >= 4 is 16.6 Å². The van der Waals surface area contributed by atoms with Gasteiger partial charge in [-0.15, -0.1) is 0 Å². The Morgan fingerprint density at radius 2 is 1.65 bits per heavy atom. The number of piperazine rings is 1. The molecule has 34 heavy (non-hydrogen) atoms.